The smallest absolute Gasteiger partial charge is 0.223 e. The first-order valence-electron chi connectivity index (χ1n) is 16.2. The highest BCUT2D eigenvalue weighted by atomic mass is 15.2. The SMILES string of the molecule is CC1(C)C2=C(B3c4c(cccc4N(c4ccccc4)C4C3C3C=CC=CC3C4(C)C)N2C2=CCCC=C2)c2ccccc21. The highest BCUT2D eigenvalue weighted by molar-refractivity contribution is 6.94. The monoisotopic (exact) mass is 558 g/mol. The number of fused-ring (bicyclic) bond motifs is 7. The van der Waals surface area contributed by atoms with Crippen molar-refractivity contribution >= 4 is 34.7 Å². The number of para-hydroxylation sites is 1. The summed E-state index contributed by atoms with van der Waals surface area (Å²) >= 11 is 0. The Hall–Kier alpha value is -3.98. The zero-order valence-electron chi connectivity index (χ0n) is 25.7. The second-order valence-corrected chi connectivity index (χ2v) is 14.5. The third-order valence-corrected chi connectivity index (χ3v) is 11.7. The van der Waals surface area contributed by atoms with Gasteiger partial charge in [-0.1, -0.05) is 113 Å². The molecule has 4 atom stereocenters. The van der Waals surface area contributed by atoms with Crippen molar-refractivity contribution in [3.8, 4) is 0 Å². The molecule has 0 amide bonds. The van der Waals surface area contributed by atoms with Crippen molar-refractivity contribution in [3.63, 3.8) is 0 Å². The van der Waals surface area contributed by atoms with E-state index in [1.165, 1.54) is 45.0 Å². The molecule has 0 spiro atoms. The number of nitrogens with zero attached hydrogens (tertiary/aromatic N) is 2. The van der Waals surface area contributed by atoms with Gasteiger partial charge in [-0.15, -0.1) is 0 Å². The molecule has 1 saturated carbocycles. The van der Waals surface area contributed by atoms with Crippen LogP contribution in [0.3, 0.4) is 0 Å². The van der Waals surface area contributed by atoms with Crippen molar-refractivity contribution in [2.24, 2.45) is 17.3 Å². The van der Waals surface area contributed by atoms with Crippen LogP contribution in [0.4, 0.5) is 17.1 Å². The minimum absolute atomic E-state index is 0.0836. The quantitative estimate of drug-likeness (QED) is 0.290. The topological polar surface area (TPSA) is 6.48 Å². The summed E-state index contributed by atoms with van der Waals surface area (Å²) in [5.41, 5.74) is 12.9. The Labute approximate surface area is 256 Å². The van der Waals surface area contributed by atoms with Gasteiger partial charge in [0.2, 0.25) is 6.71 Å². The van der Waals surface area contributed by atoms with Crippen LogP contribution in [0.25, 0.3) is 5.47 Å². The average molecular weight is 559 g/mol. The molecule has 3 aromatic rings. The van der Waals surface area contributed by atoms with Crippen LogP contribution < -0.4 is 15.3 Å². The standard InChI is InChI=1S/C40H39BN2/c1-39(2)30-22-13-11-20-28(30)34-37(39)42(26-16-7-5-8-17-26)32-24-15-25-33-36(32)41(34)35-29-21-12-14-23-31(29)40(3,4)38(35)43(33)27-18-9-6-10-19-27/h5,7-9,11-25,28,30,34,37H,6,10H2,1-4H3. The predicted molar refractivity (Wildman–Crippen MR) is 182 cm³/mol. The fourth-order valence-electron chi connectivity index (χ4n) is 10.1. The number of allylic oxidation sites excluding steroid dienone is 8. The molecule has 9 rings (SSSR count). The average Bonchev–Trinajstić information content (AvgIpc) is 3.42. The highest BCUT2D eigenvalue weighted by Gasteiger charge is 2.65. The van der Waals surface area contributed by atoms with E-state index in [0.29, 0.717) is 30.4 Å². The molecule has 4 unspecified atom stereocenters. The first kappa shape index (κ1) is 25.5. The maximum absolute atomic E-state index is 2.75. The van der Waals surface area contributed by atoms with Gasteiger partial charge < -0.3 is 9.80 Å². The van der Waals surface area contributed by atoms with E-state index in [4.69, 9.17) is 0 Å². The van der Waals surface area contributed by atoms with Crippen molar-refractivity contribution in [3.05, 3.63) is 138 Å². The minimum atomic E-state index is -0.104. The number of hydrogen-bond donors (Lipinski definition) is 0. The Kier molecular flexibility index (Phi) is 5.21. The van der Waals surface area contributed by atoms with Crippen molar-refractivity contribution in [1.29, 1.82) is 0 Å². The largest absolute Gasteiger partial charge is 0.339 e. The van der Waals surface area contributed by atoms with Gasteiger partial charge in [0.05, 0.1) is 0 Å². The summed E-state index contributed by atoms with van der Waals surface area (Å²) in [4.78, 5) is 5.42. The summed E-state index contributed by atoms with van der Waals surface area (Å²) < 4.78 is 0. The van der Waals surface area contributed by atoms with Gasteiger partial charge in [0, 0.05) is 39.9 Å². The number of hydrogen-bond acceptors (Lipinski definition) is 2. The van der Waals surface area contributed by atoms with Gasteiger partial charge in [-0.2, -0.15) is 0 Å². The van der Waals surface area contributed by atoms with Gasteiger partial charge in [0.1, 0.15) is 0 Å². The molecule has 0 aromatic heterocycles. The molecular formula is C40H39BN2. The van der Waals surface area contributed by atoms with E-state index in [2.05, 4.69) is 153 Å². The molecule has 43 heavy (non-hydrogen) atoms. The first-order chi connectivity index (χ1) is 20.9. The van der Waals surface area contributed by atoms with Crippen LogP contribution in [0.15, 0.2) is 127 Å². The molecule has 3 aromatic carbocycles. The second-order valence-electron chi connectivity index (χ2n) is 14.5. The van der Waals surface area contributed by atoms with E-state index in [1.54, 1.807) is 5.47 Å². The van der Waals surface area contributed by atoms with E-state index in [0.717, 1.165) is 12.8 Å². The third-order valence-electron chi connectivity index (χ3n) is 11.7. The molecule has 212 valence electrons. The first-order valence-corrected chi connectivity index (χ1v) is 16.2. The number of anilines is 3. The summed E-state index contributed by atoms with van der Waals surface area (Å²) in [6, 6.07) is 28.0. The number of rotatable bonds is 2. The molecule has 0 N–H and O–H groups in total. The fourth-order valence-corrected chi connectivity index (χ4v) is 10.1. The van der Waals surface area contributed by atoms with Crippen molar-refractivity contribution in [1.82, 2.24) is 0 Å². The van der Waals surface area contributed by atoms with Crippen molar-refractivity contribution in [2.75, 3.05) is 9.80 Å². The normalized spacial score (nSPS) is 28.3. The molecule has 2 nitrogen and oxygen atoms in total. The Morgan fingerprint density at radius 3 is 2.37 bits per heavy atom. The molecule has 0 saturated heterocycles. The molecule has 6 aliphatic rings. The molecule has 1 fully saturated rings. The lowest BCUT2D eigenvalue weighted by molar-refractivity contribution is 0.259. The Balaban J connectivity index is 1.41. The van der Waals surface area contributed by atoms with Gasteiger partial charge in [0.15, 0.2) is 0 Å². The second kappa shape index (κ2) is 8.79. The van der Waals surface area contributed by atoms with Gasteiger partial charge in [-0.25, -0.2) is 0 Å². The molecule has 4 aliphatic carbocycles. The summed E-state index contributed by atoms with van der Waals surface area (Å²) in [5, 5.41) is 0. The molecule has 0 radical (unpaired) electrons. The number of benzene rings is 3. The summed E-state index contributed by atoms with van der Waals surface area (Å²) in [6.45, 7) is 10.3. The lowest BCUT2D eigenvalue weighted by Gasteiger charge is -2.53. The molecule has 0 bridgehead atoms. The fraction of sp³-hybridized carbons (Fsp3) is 0.300. The lowest BCUT2D eigenvalue weighted by atomic mass is 9.27. The van der Waals surface area contributed by atoms with E-state index in [-0.39, 0.29) is 10.8 Å². The summed E-state index contributed by atoms with van der Waals surface area (Å²) in [5.74, 6) is 1.42. The maximum atomic E-state index is 2.75. The van der Waals surface area contributed by atoms with Crippen molar-refractivity contribution < 1.29 is 0 Å². The Morgan fingerprint density at radius 2 is 1.56 bits per heavy atom. The predicted octanol–water partition coefficient (Wildman–Crippen LogP) is 8.97. The van der Waals surface area contributed by atoms with Gasteiger partial charge in [-0.05, 0) is 88.3 Å². The van der Waals surface area contributed by atoms with Crippen molar-refractivity contribution in [2.45, 2.75) is 57.8 Å². The van der Waals surface area contributed by atoms with E-state index in [9.17, 15) is 0 Å². The lowest BCUT2D eigenvalue weighted by Crippen LogP contribution is -2.59. The minimum Gasteiger partial charge on any atom is -0.339 e. The van der Waals surface area contributed by atoms with Crippen LogP contribution in [0.1, 0.15) is 51.7 Å². The Bertz CT molecular complexity index is 1820. The zero-order chi connectivity index (χ0) is 29.1. The highest BCUT2D eigenvalue weighted by Crippen LogP contribution is 2.65. The van der Waals surface area contributed by atoms with Crippen LogP contribution in [-0.2, 0) is 5.41 Å². The summed E-state index contributed by atoms with van der Waals surface area (Å²) in [6.07, 6.45) is 19.1. The van der Waals surface area contributed by atoms with Crippen LogP contribution >= 0.6 is 0 Å². The molecular weight excluding hydrogens is 519 g/mol. The van der Waals surface area contributed by atoms with E-state index in [1.807, 2.05) is 0 Å². The maximum Gasteiger partial charge on any atom is 0.223 e. The van der Waals surface area contributed by atoms with Gasteiger partial charge >= 0.3 is 0 Å². The zero-order valence-corrected chi connectivity index (χ0v) is 25.7. The van der Waals surface area contributed by atoms with Crippen LogP contribution in [0.2, 0.25) is 5.82 Å². The third kappa shape index (κ3) is 3.21. The van der Waals surface area contributed by atoms with Crippen LogP contribution in [0, 0.1) is 17.3 Å². The molecule has 2 aliphatic heterocycles. The summed E-state index contributed by atoms with van der Waals surface area (Å²) in [7, 11) is 0. The Morgan fingerprint density at radius 1 is 0.791 bits per heavy atom. The molecule has 2 heterocycles. The van der Waals surface area contributed by atoms with E-state index >= 15 is 0 Å². The molecule has 3 heteroatoms. The van der Waals surface area contributed by atoms with Crippen LogP contribution in [0.5, 0.6) is 0 Å². The van der Waals surface area contributed by atoms with Gasteiger partial charge in [0.25, 0.3) is 0 Å². The van der Waals surface area contributed by atoms with Crippen LogP contribution in [-0.4, -0.2) is 12.8 Å². The van der Waals surface area contributed by atoms with E-state index < -0.39 is 0 Å². The van der Waals surface area contributed by atoms with Gasteiger partial charge in [-0.3, -0.25) is 0 Å².